The predicted molar refractivity (Wildman–Crippen MR) is 79.1 cm³/mol. The first-order valence-electron chi connectivity index (χ1n) is 6.64. The van der Waals surface area contributed by atoms with E-state index in [0.29, 0.717) is 5.92 Å². The second-order valence-electron chi connectivity index (χ2n) is 5.27. The summed E-state index contributed by atoms with van der Waals surface area (Å²) in [6.07, 6.45) is 2.47. The molecule has 2 aromatic rings. The fourth-order valence-corrected chi connectivity index (χ4v) is 3.45. The highest BCUT2D eigenvalue weighted by Crippen LogP contribution is 2.38. The maximum atomic E-state index is 9.63. The van der Waals surface area contributed by atoms with Gasteiger partial charge < -0.3 is 10.0 Å². The Balaban J connectivity index is 2.00. The van der Waals surface area contributed by atoms with Crippen LogP contribution in [0.1, 0.15) is 30.4 Å². The fraction of sp³-hybridized carbons (Fsp3) is 0.400. The molecule has 2 atom stereocenters. The average molecular weight is 274 g/mol. The van der Waals surface area contributed by atoms with Crippen LogP contribution >= 0.6 is 11.3 Å². The Kier molecular flexibility index (Phi) is 3.29. The largest absolute Gasteiger partial charge is 0.388 e. The van der Waals surface area contributed by atoms with Gasteiger partial charge in [-0.05, 0) is 30.9 Å². The van der Waals surface area contributed by atoms with E-state index in [9.17, 15) is 5.11 Å². The summed E-state index contributed by atoms with van der Waals surface area (Å²) < 4.78 is 0. The molecule has 0 amide bonds. The summed E-state index contributed by atoms with van der Waals surface area (Å²) in [6, 6.07) is 8.52. The molecular weight excluding hydrogens is 256 g/mol. The van der Waals surface area contributed by atoms with E-state index in [4.69, 9.17) is 0 Å². The van der Waals surface area contributed by atoms with Gasteiger partial charge in [0.2, 0.25) is 0 Å². The topological polar surface area (TPSA) is 36.4 Å². The number of aliphatic hydroxyl groups is 1. The van der Waals surface area contributed by atoms with Gasteiger partial charge in [0, 0.05) is 18.4 Å². The van der Waals surface area contributed by atoms with E-state index in [1.54, 1.807) is 24.5 Å². The molecular formula is C15H18N2OS. The van der Waals surface area contributed by atoms with Crippen molar-refractivity contribution in [1.82, 2.24) is 4.98 Å². The van der Waals surface area contributed by atoms with Crippen molar-refractivity contribution in [2.75, 3.05) is 11.4 Å². The molecule has 2 heterocycles. The van der Waals surface area contributed by atoms with E-state index in [2.05, 4.69) is 41.1 Å². The first-order valence-corrected chi connectivity index (χ1v) is 7.46. The van der Waals surface area contributed by atoms with Gasteiger partial charge in [-0.1, -0.05) is 36.5 Å². The number of thiazole rings is 1. The van der Waals surface area contributed by atoms with E-state index in [0.717, 1.165) is 23.0 Å². The van der Waals surface area contributed by atoms with Crippen LogP contribution in [0.15, 0.2) is 30.5 Å². The van der Waals surface area contributed by atoms with Crippen molar-refractivity contribution in [2.24, 2.45) is 5.92 Å². The van der Waals surface area contributed by atoms with Crippen LogP contribution < -0.4 is 4.90 Å². The zero-order valence-electron chi connectivity index (χ0n) is 11.2. The summed E-state index contributed by atoms with van der Waals surface area (Å²) in [4.78, 5) is 7.68. The monoisotopic (exact) mass is 274 g/mol. The van der Waals surface area contributed by atoms with E-state index in [1.807, 2.05) is 0 Å². The zero-order valence-corrected chi connectivity index (χ0v) is 12.0. The molecule has 0 spiro atoms. The molecule has 0 bridgehead atoms. The summed E-state index contributed by atoms with van der Waals surface area (Å²) in [6.45, 7) is 5.04. The number of hydrogen-bond donors (Lipinski definition) is 1. The second-order valence-corrected chi connectivity index (χ2v) is 6.31. The number of nitrogens with zero attached hydrogens (tertiary/aromatic N) is 2. The van der Waals surface area contributed by atoms with Crippen molar-refractivity contribution in [2.45, 2.75) is 26.4 Å². The lowest BCUT2D eigenvalue weighted by Gasteiger charge is -2.32. The summed E-state index contributed by atoms with van der Waals surface area (Å²) in [5.41, 5.74) is 2.64. The molecule has 1 N–H and O–H groups in total. The number of rotatable bonds is 2. The maximum Gasteiger partial charge on any atom is 0.190 e. The zero-order chi connectivity index (χ0) is 13.4. The molecule has 0 radical (unpaired) electrons. The van der Waals surface area contributed by atoms with Crippen molar-refractivity contribution in [3.63, 3.8) is 0 Å². The molecule has 0 saturated heterocycles. The van der Waals surface area contributed by atoms with Gasteiger partial charge in [-0.3, -0.25) is 0 Å². The summed E-state index contributed by atoms with van der Waals surface area (Å²) in [5, 5.41) is 10.6. The Labute approximate surface area is 117 Å². The molecule has 3 nitrogen and oxygen atoms in total. The van der Waals surface area contributed by atoms with Crippen LogP contribution in [0.3, 0.4) is 0 Å². The lowest BCUT2D eigenvalue weighted by molar-refractivity contribution is 0.203. The van der Waals surface area contributed by atoms with E-state index < -0.39 is 6.10 Å². The average Bonchev–Trinajstić information content (AvgIpc) is 2.87. The maximum absolute atomic E-state index is 9.63. The summed E-state index contributed by atoms with van der Waals surface area (Å²) >= 11 is 1.58. The van der Waals surface area contributed by atoms with Crippen molar-refractivity contribution >= 4 is 22.2 Å². The molecule has 0 fully saturated rings. The third-order valence-electron chi connectivity index (χ3n) is 3.50. The van der Waals surface area contributed by atoms with Gasteiger partial charge in [0.05, 0.1) is 11.0 Å². The van der Waals surface area contributed by atoms with Gasteiger partial charge in [-0.2, -0.15) is 0 Å². The Hall–Kier alpha value is -1.39. The van der Waals surface area contributed by atoms with Crippen LogP contribution in [0.5, 0.6) is 0 Å². The van der Waals surface area contributed by atoms with Gasteiger partial charge in [-0.15, -0.1) is 0 Å². The predicted octanol–water partition coefficient (Wildman–Crippen LogP) is 3.53. The van der Waals surface area contributed by atoms with Crippen LogP contribution in [0, 0.1) is 5.92 Å². The SMILES string of the molecule is CC1Cc2ccccc2N(c2ncc(C(C)O)s2)C1. The van der Waals surface area contributed by atoms with Crippen LogP contribution in [-0.4, -0.2) is 16.6 Å². The van der Waals surface area contributed by atoms with Gasteiger partial charge >= 0.3 is 0 Å². The van der Waals surface area contributed by atoms with E-state index >= 15 is 0 Å². The Morgan fingerprint density at radius 2 is 2.21 bits per heavy atom. The van der Waals surface area contributed by atoms with Crippen molar-refractivity contribution < 1.29 is 5.11 Å². The molecule has 1 aromatic heterocycles. The van der Waals surface area contributed by atoms with Crippen molar-refractivity contribution in [1.29, 1.82) is 0 Å². The van der Waals surface area contributed by atoms with Gasteiger partial charge in [-0.25, -0.2) is 4.98 Å². The Bertz CT molecular complexity index is 579. The highest BCUT2D eigenvalue weighted by atomic mass is 32.1. The highest BCUT2D eigenvalue weighted by Gasteiger charge is 2.24. The van der Waals surface area contributed by atoms with Crippen LogP contribution in [0.4, 0.5) is 10.8 Å². The Morgan fingerprint density at radius 3 is 2.95 bits per heavy atom. The minimum Gasteiger partial charge on any atom is -0.388 e. The van der Waals surface area contributed by atoms with Crippen LogP contribution in [-0.2, 0) is 6.42 Å². The van der Waals surface area contributed by atoms with Crippen molar-refractivity contribution in [3.8, 4) is 0 Å². The number of benzene rings is 1. The molecule has 1 aliphatic rings. The van der Waals surface area contributed by atoms with Gasteiger partial charge in [0.1, 0.15) is 0 Å². The second kappa shape index (κ2) is 4.94. The number of anilines is 2. The van der Waals surface area contributed by atoms with Gasteiger partial charge in [0.15, 0.2) is 5.13 Å². The minimum absolute atomic E-state index is 0.441. The highest BCUT2D eigenvalue weighted by molar-refractivity contribution is 7.15. The lowest BCUT2D eigenvalue weighted by Crippen LogP contribution is -2.30. The first kappa shape index (κ1) is 12.6. The molecule has 0 aliphatic carbocycles. The first-order chi connectivity index (χ1) is 9.15. The molecule has 100 valence electrons. The summed E-state index contributed by atoms with van der Waals surface area (Å²) in [7, 11) is 0. The third-order valence-corrected chi connectivity index (χ3v) is 4.69. The normalized spacial score (nSPS) is 20.2. The number of aliphatic hydroxyl groups excluding tert-OH is 1. The van der Waals surface area contributed by atoms with Crippen LogP contribution in [0.2, 0.25) is 0 Å². The van der Waals surface area contributed by atoms with Gasteiger partial charge in [0.25, 0.3) is 0 Å². The standard InChI is InChI=1S/C15H18N2OS/c1-10-7-12-5-3-4-6-13(12)17(9-10)15-16-8-14(19-15)11(2)18/h3-6,8,10-11,18H,7,9H2,1-2H3. The molecule has 4 heteroatoms. The number of fused-ring (bicyclic) bond motifs is 1. The molecule has 19 heavy (non-hydrogen) atoms. The third kappa shape index (κ3) is 2.38. The van der Waals surface area contributed by atoms with E-state index in [1.165, 1.54) is 11.3 Å². The quantitative estimate of drug-likeness (QED) is 0.910. The van der Waals surface area contributed by atoms with Crippen molar-refractivity contribution in [3.05, 3.63) is 40.9 Å². The Morgan fingerprint density at radius 1 is 1.42 bits per heavy atom. The van der Waals surface area contributed by atoms with Crippen LogP contribution in [0.25, 0.3) is 0 Å². The van der Waals surface area contributed by atoms with E-state index in [-0.39, 0.29) is 0 Å². The molecule has 3 rings (SSSR count). The number of hydrogen-bond acceptors (Lipinski definition) is 4. The molecule has 0 saturated carbocycles. The molecule has 1 aromatic carbocycles. The molecule has 2 unspecified atom stereocenters. The number of para-hydroxylation sites is 1. The minimum atomic E-state index is -0.441. The lowest BCUT2D eigenvalue weighted by atomic mass is 9.94. The summed E-state index contributed by atoms with van der Waals surface area (Å²) in [5.74, 6) is 0.619. The number of aromatic nitrogens is 1. The fourth-order valence-electron chi connectivity index (χ4n) is 2.57. The smallest absolute Gasteiger partial charge is 0.190 e. The molecule has 1 aliphatic heterocycles.